The number of aromatic nitrogens is 2. The highest BCUT2D eigenvalue weighted by Gasteiger charge is 2.38. The van der Waals surface area contributed by atoms with Crippen LogP contribution in [-0.4, -0.2) is 118 Å². The van der Waals surface area contributed by atoms with Crippen LogP contribution < -0.4 is 37.5 Å². The Hall–Kier alpha value is -7.89. The number of aliphatic hydroxyl groups is 1. The molecule has 4 aromatic rings. The number of carbonyl (C=O) groups is 9. The predicted octanol–water partition coefficient (Wildman–Crippen LogP) is 0.0632. The average molecular weight is 1030 g/mol. The number of pyridine rings is 2. The Kier molecular flexibility index (Phi) is 16.0. The summed E-state index contributed by atoms with van der Waals surface area (Å²) in [4.78, 5) is 132. The number of benzene rings is 2. The minimum atomic E-state index is -1.68. The summed E-state index contributed by atoms with van der Waals surface area (Å²) in [5, 5.41) is 26.2. The number of cyclic esters (lactones) is 1. The summed E-state index contributed by atoms with van der Waals surface area (Å²) < 4.78 is 27.0. The lowest BCUT2D eigenvalue weighted by atomic mass is 9.83. The van der Waals surface area contributed by atoms with Gasteiger partial charge in [-0.1, -0.05) is 48.4 Å². The Bertz CT molecular complexity index is 3020. The van der Waals surface area contributed by atoms with Crippen LogP contribution in [0.1, 0.15) is 77.6 Å². The maximum atomic E-state index is 15.1. The minimum absolute atomic E-state index is 0.0129. The maximum Gasteiger partial charge on any atom is 0.340 e. The topological polar surface area (TPSA) is 303 Å². The predicted molar refractivity (Wildman–Crippen MR) is 254 cm³/mol. The van der Waals surface area contributed by atoms with Crippen molar-refractivity contribution in [1.82, 2.24) is 46.4 Å². The summed E-state index contributed by atoms with van der Waals surface area (Å²) in [6.07, 6.45) is 2.95. The lowest BCUT2D eigenvalue weighted by Gasteiger charge is -2.29. The molecule has 382 valence electrons. The van der Waals surface area contributed by atoms with E-state index in [0.717, 1.165) is 4.90 Å². The van der Waals surface area contributed by atoms with Crippen LogP contribution in [0.25, 0.3) is 22.3 Å². The molecule has 0 bridgehead atoms. The van der Waals surface area contributed by atoms with E-state index >= 15 is 4.39 Å². The van der Waals surface area contributed by atoms with Crippen LogP contribution >= 0.6 is 11.6 Å². The first-order valence-corrected chi connectivity index (χ1v) is 23.7. The Labute approximate surface area is 419 Å². The molecular formula is C49H49ClFN9O13. The van der Waals surface area contributed by atoms with E-state index < -0.39 is 104 Å². The fourth-order valence-corrected chi connectivity index (χ4v) is 9.35. The quantitative estimate of drug-likeness (QED) is 0.0222. The smallest absolute Gasteiger partial charge is 0.340 e. The number of fused-ring (bicyclic) bond motifs is 5. The maximum absolute atomic E-state index is 15.1. The molecule has 2 aromatic carbocycles. The van der Waals surface area contributed by atoms with Crippen LogP contribution in [0.2, 0.25) is 5.02 Å². The fraction of sp³-hybridized carbons (Fsp3) is 0.367. The molecule has 3 atom stereocenters. The molecule has 0 fully saturated rings. The number of ether oxygens (including phenoxy) is 2. The number of esters is 1. The van der Waals surface area contributed by atoms with Crippen molar-refractivity contribution in [2.75, 3.05) is 39.5 Å². The van der Waals surface area contributed by atoms with E-state index in [-0.39, 0.29) is 78.9 Å². The number of nitrogens with zero attached hydrogens (tertiary/aromatic N) is 3. The van der Waals surface area contributed by atoms with E-state index in [4.69, 9.17) is 26.1 Å². The molecule has 3 aliphatic heterocycles. The van der Waals surface area contributed by atoms with E-state index in [2.05, 4.69) is 31.9 Å². The molecule has 0 spiro atoms. The molecule has 5 heterocycles. The molecule has 1 unspecified atom stereocenters. The fourth-order valence-electron chi connectivity index (χ4n) is 9.11. The molecule has 2 aromatic heterocycles. The van der Waals surface area contributed by atoms with Crippen molar-refractivity contribution < 1.29 is 62.1 Å². The minimum Gasteiger partial charge on any atom is -0.458 e. The summed E-state index contributed by atoms with van der Waals surface area (Å²) in [5.74, 6) is -6.13. The summed E-state index contributed by atoms with van der Waals surface area (Å²) in [5.41, 5.74) is 2.81. The number of aliphatic hydroxyl groups excluding tert-OH is 1. The number of rotatable bonds is 21. The first-order chi connectivity index (χ1) is 35.1. The van der Waals surface area contributed by atoms with Crippen LogP contribution in [0.15, 0.2) is 59.4 Å². The second-order valence-corrected chi connectivity index (χ2v) is 17.9. The van der Waals surface area contributed by atoms with E-state index in [9.17, 15) is 53.1 Å². The second-order valence-electron chi connectivity index (χ2n) is 17.6. The molecular weight excluding hydrogens is 977 g/mol. The van der Waals surface area contributed by atoms with Gasteiger partial charge >= 0.3 is 5.97 Å². The Morgan fingerprint density at radius 2 is 1.56 bits per heavy atom. The zero-order valence-electron chi connectivity index (χ0n) is 39.0. The molecule has 7 N–H and O–H groups in total. The van der Waals surface area contributed by atoms with Crippen LogP contribution in [0, 0.1) is 5.82 Å². The van der Waals surface area contributed by atoms with E-state index in [0.29, 0.717) is 58.3 Å². The van der Waals surface area contributed by atoms with Gasteiger partial charge in [0.1, 0.15) is 31.8 Å². The molecule has 73 heavy (non-hydrogen) atoms. The van der Waals surface area contributed by atoms with Gasteiger partial charge in [-0.05, 0) is 48.4 Å². The second kappa shape index (κ2) is 22.7. The van der Waals surface area contributed by atoms with Crippen molar-refractivity contribution in [2.24, 2.45) is 0 Å². The molecule has 24 heteroatoms. The van der Waals surface area contributed by atoms with E-state index in [1.807, 2.05) is 0 Å². The van der Waals surface area contributed by atoms with Crippen molar-refractivity contribution in [3.05, 3.63) is 109 Å². The first-order valence-electron chi connectivity index (χ1n) is 23.3. The number of halogens is 2. The third-order valence-electron chi connectivity index (χ3n) is 12.7. The number of carbonyl (C=O) groups excluding carboxylic acids is 9. The summed E-state index contributed by atoms with van der Waals surface area (Å²) in [6.45, 7) is -2.49. The molecule has 0 saturated carbocycles. The average Bonchev–Trinajstić information content (AvgIpc) is 3.91. The molecule has 8 rings (SSSR count). The van der Waals surface area contributed by atoms with Crippen LogP contribution in [0.4, 0.5) is 4.39 Å². The monoisotopic (exact) mass is 1030 g/mol. The van der Waals surface area contributed by atoms with Crippen molar-refractivity contribution in [3.8, 4) is 11.4 Å². The summed E-state index contributed by atoms with van der Waals surface area (Å²) in [7, 11) is 0. The van der Waals surface area contributed by atoms with Crippen LogP contribution in [0.5, 0.6) is 0 Å². The van der Waals surface area contributed by atoms with Gasteiger partial charge in [0, 0.05) is 54.1 Å². The SMILES string of the molecule is O=C(CCCCCN1C(=O)C=CC1=O)NCC(=O)NCC(=O)N[C@@H](Cc1ccccc1)C(=O)NCC(=O)NCOCC(=O)NC1CCc2c(Cl)c(F)cc3nc4c(c1c23)Cn1c-4cc2c(c1=O)COC(=O)[C@H]2O. The van der Waals surface area contributed by atoms with Crippen molar-refractivity contribution in [1.29, 1.82) is 0 Å². The number of aryl methyl sites for hydroxylation is 1. The highest BCUT2D eigenvalue weighted by molar-refractivity contribution is 6.32. The largest absolute Gasteiger partial charge is 0.458 e. The van der Waals surface area contributed by atoms with Gasteiger partial charge in [-0.15, -0.1) is 0 Å². The first kappa shape index (κ1) is 51.5. The van der Waals surface area contributed by atoms with Gasteiger partial charge in [0.05, 0.1) is 59.7 Å². The van der Waals surface area contributed by atoms with Crippen LogP contribution in [-0.2, 0) is 78.6 Å². The van der Waals surface area contributed by atoms with Gasteiger partial charge in [0.25, 0.3) is 17.4 Å². The molecule has 8 amide bonds. The van der Waals surface area contributed by atoms with Crippen molar-refractivity contribution >= 4 is 75.7 Å². The van der Waals surface area contributed by atoms with Crippen molar-refractivity contribution in [2.45, 2.75) is 76.3 Å². The van der Waals surface area contributed by atoms with Gasteiger partial charge in [-0.25, -0.2) is 14.2 Å². The zero-order valence-corrected chi connectivity index (χ0v) is 39.7. The molecule has 0 radical (unpaired) electrons. The third-order valence-corrected chi connectivity index (χ3v) is 13.1. The lowest BCUT2D eigenvalue weighted by molar-refractivity contribution is -0.157. The van der Waals surface area contributed by atoms with Gasteiger partial charge in [-0.2, -0.15) is 0 Å². The number of hydrogen-bond acceptors (Lipinski definition) is 14. The van der Waals surface area contributed by atoms with Gasteiger partial charge in [0.2, 0.25) is 35.4 Å². The number of imide groups is 1. The third kappa shape index (κ3) is 11.7. The molecule has 0 saturated heterocycles. The normalized spacial score (nSPS) is 16.5. The van der Waals surface area contributed by atoms with Gasteiger partial charge in [-0.3, -0.25) is 48.1 Å². The summed E-state index contributed by atoms with van der Waals surface area (Å²) >= 11 is 6.45. The summed E-state index contributed by atoms with van der Waals surface area (Å²) in [6, 6.07) is 9.53. The zero-order chi connectivity index (χ0) is 51.9. The highest BCUT2D eigenvalue weighted by atomic mass is 35.5. The Balaban J connectivity index is 0.792. The van der Waals surface area contributed by atoms with E-state index in [1.165, 1.54) is 28.9 Å². The highest BCUT2D eigenvalue weighted by Crippen LogP contribution is 2.46. The Morgan fingerprint density at radius 3 is 2.33 bits per heavy atom. The van der Waals surface area contributed by atoms with Gasteiger partial charge < -0.3 is 51.0 Å². The molecule has 22 nitrogen and oxygen atoms in total. The number of hydrogen-bond donors (Lipinski definition) is 7. The molecule has 1 aliphatic carbocycles. The number of amides is 8. The van der Waals surface area contributed by atoms with Crippen LogP contribution in [0.3, 0.4) is 0 Å². The Morgan fingerprint density at radius 1 is 0.849 bits per heavy atom. The number of unbranched alkanes of at least 4 members (excludes halogenated alkanes) is 2. The number of nitrogens with one attached hydrogen (secondary N) is 6. The lowest BCUT2D eigenvalue weighted by Crippen LogP contribution is -2.52. The molecule has 4 aliphatic rings. The van der Waals surface area contributed by atoms with Crippen molar-refractivity contribution in [3.63, 3.8) is 0 Å². The van der Waals surface area contributed by atoms with Gasteiger partial charge in [0.15, 0.2) is 6.10 Å². The van der Waals surface area contributed by atoms with E-state index in [1.54, 1.807) is 30.3 Å². The standard InChI is InChI=1S/C49H49ClFN9O13/c50-44-26-10-11-31(43-28-21-60-34(45(28)58-32(42(26)43)17-30(44)51)16-27-29(48(60)70)22-73-49(71)46(27)68)56-39(65)23-72-24-55-37(63)19-54-47(69)33(15-25-7-3-1-4-8-25)57-38(64)20-53-36(62)18-52-35(61)9-5-2-6-14-59-40(66)12-13-41(59)67/h1,3-4,7-8,12-13,16-17,31,33,46,68H,2,5-6,9-11,14-15,18-24H2,(H,52,61)(H,53,62)(H,54,69)(H,55,63)(H,56,65)(H,57,64)/t31?,33-,46-/m0/s1.